The largest absolute Gasteiger partial charge is 0.469 e. The predicted molar refractivity (Wildman–Crippen MR) is 72.9 cm³/mol. The van der Waals surface area contributed by atoms with Crippen molar-refractivity contribution in [2.24, 2.45) is 0 Å². The van der Waals surface area contributed by atoms with Crippen LogP contribution in [-0.4, -0.2) is 34.8 Å². The molecule has 1 N–H and O–H groups in total. The minimum absolute atomic E-state index is 0.0362. The molecule has 108 valence electrons. The Balaban J connectivity index is 1.76. The fraction of sp³-hybridized carbons (Fsp3) is 0.600. The summed E-state index contributed by atoms with van der Waals surface area (Å²) < 4.78 is 5.30. The molecule has 0 bridgehead atoms. The molecule has 1 saturated heterocycles. The molecule has 1 aliphatic carbocycles. The Labute approximate surface area is 118 Å². The van der Waals surface area contributed by atoms with Crippen molar-refractivity contribution in [1.82, 2.24) is 10.2 Å². The van der Waals surface area contributed by atoms with Crippen molar-refractivity contribution in [3.8, 4) is 0 Å². The van der Waals surface area contributed by atoms with Crippen molar-refractivity contribution >= 4 is 11.8 Å². The van der Waals surface area contributed by atoms with Crippen LogP contribution in [0.3, 0.4) is 0 Å². The van der Waals surface area contributed by atoms with Crippen LogP contribution in [0.25, 0.3) is 0 Å². The molecular weight excluding hydrogens is 256 g/mol. The normalized spacial score (nSPS) is 25.2. The van der Waals surface area contributed by atoms with Crippen LogP contribution in [0.4, 0.5) is 0 Å². The maximum Gasteiger partial charge on any atom is 0.249 e. The van der Waals surface area contributed by atoms with E-state index in [1.54, 1.807) is 18.1 Å². The number of hydrogen-bond donors (Lipinski definition) is 1. The van der Waals surface area contributed by atoms with Gasteiger partial charge in [-0.15, -0.1) is 0 Å². The summed E-state index contributed by atoms with van der Waals surface area (Å²) in [4.78, 5) is 26.6. The first-order chi connectivity index (χ1) is 9.62. The minimum Gasteiger partial charge on any atom is -0.469 e. The molecule has 5 nitrogen and oxygen atoms in total. The van der Waals surface area contributed by atoms with E-state index in [2.05, 4.69) is 5.32 Å². The van der Waals surface area contributed by atoms with E-state index in [-0.39, 0.29) is 11.8 Å². The SMILES string of the molecule is CC1C(=O)NC2(CCCC2)C(=O)N1CCc1ccco1. The summed E-state index contributed by atoms with van der Waals surface area (Å²) in [5.41, 5.74) is -0.632. The Morgan fingerprint density at radius 1 is 1.40 bits per heavy atom. The van der Waals surface area contributed by atoms with E-state index in [1.807, 2.05) is 12.1 Å². The first-order valence-electron chi connectivity index (χ1n) is 7.28. The zero-order valence-corrected chi connectivity index (χ0v) is 11.7. The summed E-state index contributed by atoms with van der Waals surface area (Å²) in [6, 6.07) is 3.33. The molecule has 5 heteroatoms. The molecule has 1 aromatic rings. The lowest BCUT2D eigenvalue weighted by Crippen LogP contribution is -2.68. The van der Waals surface area contributed by atoms with Gasteiger partial charge in [0.05, 0.1) is 6.26 Å². The van der Waals surface area contributed by atoms with Gasteiger partial charge in [0.25, 0.3) is 0 Å². The molecule has 1 aromatic heterocycles. The molecule has 20 heavy (non-hydrogen) atoms. The Morgan fingerprint density at radius 2 is 2.15 bits per heavy atom. The minimum atomic E-state index is -0.632. The van der Waals surface area contributed by atoms with Gasteiger partial charge in [-0.3, -0.25) is 9.59 Å². The summed E-state index contributed by atoms with van der Waals surface area (Å²) >= 11 is 0. The summed E-state index contributed by atoms with van der Waals surface area (Å²) in [6.07, 6.45) is 5.82. The fourth-order valence-electron chi connectivity index (χ4n) is 3.28. The Hall–Kier alpha value is -1.78. The third-order valence-corrected chi connectivity index (χ3v) is 4.52. The maximum atomic E-state index is 12.7. The number of carbonyl (C=O) groups excluding carboxylic acids is 2. The second-order valence-corrected chi connectivity index (χ2v) is 5.78. The van der Waals surface area contributed by atoms with Gasteiger partial charge >= 0.3 is 0 Å². The van der Waals surface area contributed by atoms with Gasteiger partial charge in [-0.2, -0.15) is 0 Å². The monoisotopic (exact) mass is 276 g/mol. The van der Waals surface area contributed by atoms with Crippen molar-refractivity contribution in [3.05, 3.63) is 24.2 Å². The average Bonchev–Trinajstić information content (AvgIpc) is 3.09. The van der Waals surface area contributed by atoms with Crippen molar-refractivity contribution in [1.29, 1.82) is 0 Å². The number of carbonyl (C=O) groups is 2. The highest BCUT2D eigenvalue weighted by atomic mass is 16.3. The van der Waals surface area contributed by atoms with Gasteiger partial charge in [-0.1, -0.05) is 12.8 Å². The summed E-state index contributed by atoms with van der Waals surface area (Å²) in [5.74, 6) is 0.885. The fourth-order valence-corrected chi connectivity index (χ4v) is 3.28. The van der Waals surface area contributed by atoms with E-state index in [4.69, 9.17) is 4.42 Å². The number of piperazine rings is 1. The first kappa shape index (κ1) is 13.2. The molecule has 2 amide bonds. The Morgan fingerprint density at radius 3 is 2.80 bits per heavy atom. The summed E-state index contributed by atoms with van der Waals surface area (Å²) in [7, 11) is 0. The van der Waals surface area contributed by atoms with E-state index in [1.165, 1.54) is 0 Å². The second-order valence-electron chi connectivity index (χ2n) is 5.78. The van der Waals surface area contributed by atoms with Gasteiger partial charge in [0, 0.05) is 13.0 Å². The highest BCUT2D eigenvalue weighted by molar-refractivity contribution is 5.99. The number of nitrogens with zero attached hydrogens (tertiary/aromatic N) is 1. The Bertz CT molecular complexity index is 503. The molecular formula is C15H20N2O3. The van der Waals surface area contributed by atoms with E-state index >= 15 is 0 Å². The molecule has 0 radical (unpaired) electrons. The second kappa shape index (κ2) is 4.96. The third-order valence-electron chi connectivity index (χ3n) is 4.52. The van der Waals surface area contributed by atoms with Crippen molar-refractivity contribution in [3.63, 3.8) is 0 Å². The zero-order chi connectivity index (χ0) is 14.2. The highest BCUT2D eigenvalue weighted by Gasteiger charge is 2.50. The molecule has 1 atom stereocenters. The van der Waals surface area contributed by atoms with Crippen LogP contribution in [0, 0.1) is 0 Å². The molecule has 3 rings (SSSR count). The van der Waals surface area contributed by atoms with Gasteiger partial charge in [-0.25, -0.2) is 0 Å². The third kappa shape index (κ3) is 2.11. The molecule has 0 aromatic carbocycles. The van der Waals surface area contributed by atoms with Crippen molar-refractivity contribution in [2.75, 3.05) is 6.54 Å². The molecule has 2 fully saturated rings. The van der Waals surface area contributed by atoms with Crippen LogP contribution < -0.4 is 5.32 Å². The van der Waals surface area contributed by atoms with E-state index < -0.39 is 11.6 Å². The average molecular weight is 276 g/mol. The van der Waals surface area contributed by atoms with Gasteiger partial charge in [0.2, 0.25) is 11.8 Å². The predicted octanol–water partition coefficient (Wildman–Crippen LogP) is 1.48. The number of amides is 2. The number of furan rings is 1. The first-order valence-corrected chi connectivity index (χ1v) is 7.28. The lowest BCUT2D eigenvalue weighted by atomic mass is 9.91. The van der Waals surface area contributed by atoms with Crippen molar-refractivity contribution < 1.29 is 14.0 Å². The van der Waals surface area contributed by atoms with Gasteiger partial charge in [0.15, 0.2) is 0 Å². The van der Waals surface area contributed by atoms with Crippen LogP contribution in [0.1, 0.15) is 38.4 Å². The topological polar surface area (TPSA) is 62.6 Å². The molecule has 1 spiro atoms. The van der Waals surface area contributed by atoms with Gasteiger partial charge < -0.3 is 14.6 Å². The molecule has 2 aliphatic rings. The number of rotatable bonds is 3. The van der Waals surface area contributed by atoms with E-state index in [0.717, 1.165) is 31.4 Å². The van der Waals surface area contributed by atoms with Gasteiger partial charge in [0.1, 0.15) is 17.3 Å². The Kier molecular flexibility index (Phi) is 3.28. The van der Waals surface area contributed by atoms with Crippen LogP contribution in [0.5, 0.6) is 0 Å². The van der Waals surface area contributed by atoms with Crippen LogP contribution >= 0.6 is 0 Å². The van der Waals surface area contributed by atoms with E-state index in [9.17, 15) is 9.59 Å². The summed E-state index contributed by atoms with van der Waals surface area (Å²) in [5, 5.41) is 2.96. The highest BCUT2D eigenvalue weighted by Crippen LogP contribution is 2.34. The zero-order valence-electron chi connectivity index (χ0n) is 11.7. The van der Waals surface area contributed by atoms with Crippen LogP contribution in [0.15, 0.2) is 22.8 Å². The molecule has 1 saturated carbocycles. The quantitative estimate of drug-likeness (QED) is 0.909. The molecule has 1 unspecified atom stereocenters. The lowest BCUT2D eigenvalue weighted by Gasteiger charge is -2.43. The van der Waals surface area contributed by atoms with E-state index in [0.29, 0.717) is 13.0 Å². The molecule has 2 heterocycles. The number of nitrogens with one attached hydrogen (secondary N) is 1. The number of hydrogen-bond acceptors (Lipinski definition) is 3. The maximum absolute atomic E-state index is 12.7. The molecule has 1 aliphatic heterocycles. The van der Waals surface area contributed by atoms with Gasteiger partial charge in [-0.05, 0) is 31.9 Å². The smallest absolute Gasteiger partial charge is 0.249 e. The summed E-state index contributed by atoms with van der Waals surface area (Å²) in [6.45, 7) is 2.32. The van der Waals surface area contributed by atoms with Crippen LogP contribution in [-0.2, 0) is 16.0 Å². The van der Waals surface area contributed by atoms with Crippen molar-refractivity contribution in [2.45, 2.75) is 50.6 Å². The lowest BCUT2D eigenvalue weighted by molar-refractivity contribution is -0.154. The van der Waals surface area contributed by atoms with Crippen LogP contribution in [0.2, 0.25) is 0 Å². The standard InChI is InChI=1S/C15H20N2O3/c1-11-13(18)16-15(7-2-3-8-15)14(19)17(11)9-6-12-5-4-10-20-12/h4-5,10-11H,2-3,6-9H2,1H3,(H,16,18).